The molecule has 0 aliphatic rings. The Morgan fingerprint density at radius 2 is 2.24 bits per heavy atom. The number of carboxylic acid groups (broad SMARTS) is 1. The van der Waals surface area contributed by atoms with Gasteiger partial charge in [-0.1, -0.05) is 43.9 Å². The molecule has 2 N–H and O–H groups in total. The minimum Gasteiger partial charge on any atom is -0.481 e. The van der Waals surface area contributed by atoms with Gasteiger partial charge in [-0.2, -0.15) is 0 Å². The van der Waals surface area contributed by atoms with Crippen LogP contribution >= 0.6 is 23.1 Å². The molecule has 6 nitrogen and oxygen atoms in total. The van der Waals surface area contributed by atoms with Crippen LogP contribution in [0.25, 0.3) is 0 Å². The number of aliphatic carboxylic acids is 1. The van der Waals surface area contributed by atoms with Gasteiger partial charge in [-0.05, 0) is 0 Å². The minimum absolute atomic E-state index is 0.0409. The van der Waals surface area contributed by atoms with Crippen molar-refractivity contribution in [2.75, 3.05) is 5.75 Å². The first-order chi connectivity index (χ1) is 9.77. The summed E-state index contributed by atoms with van der Waals surface area (Å²) in [6.07, 6.45) is 1.77. The molecule has 0 aliphatic carbocycles. The Morgan fingerprint density at radius 1 is 1.52 bits per heavy atom. The molecule has 0 atom stereocenters. The van der Waals surface area contributed by atoms with E-state index in [2.05, 4.69) is 30.7 Å². The smallest absolute Gasteiger partial charge is 0.313 e. The fourth-order valence-electron chi connectivity index (χ4n) is 1.91. The summed E-state index contributed by atoms with van der Waals surface area (Å²) in [6.45, 7) is 6.70. The Labute approximate surface area is 130 Å². The molecule has 114 valence electrons. The number of thiazole rings is 1. The topological polar surface area (TPSA) is 88.0 Å². The molecule has 0 unspecified atom stereocenters. The number of nitrogens with one attached hydrogen (secondary N) is 1. The van der Waals surface area contributed by atoms with Crippen molar-refractivity contribution in [2.45, 2.75) is 37.9 Å². The molecule has 0 saturated heterocycles. The number of aromatic nitrogens is 3. The number of imidazole rings is 1. The second-order valence-electron chi connectivity index (χ2n) is 5.62. The number of aromatic amines is 1. The van der Waals surface area contributed by atoms with Gasteiger partial charge in [0.15, 0.2) is 5.16 Å². The van der Waals surface area contributed by atoms with E-state index in [1.807, 2.05) is 4.57 Å². The van der Waals surface area contributed by atoms with Crippen molar-refractivity contribution in [3.63, 3.8) is 0 Å². The third kappa shape index (κ3) is 3.98. The molecule has 8 heteroatoms. The third-order valence-electron chi connectivity index (χ3n) is 2.81. The van der Waals surface area contributed by atoms with E-state index in [9.17, 15) is 9.59 Å². The van der Waals surface area contributed by atoms with Gasteiger partial charge >= 0.3 is 10.8 Å². The molecule has 0 fully saturated rings. The maximum absolute atomic E-state index is 11.3. The SMILES string of the molecule is CC(C)(C)c1cnc(SCC(=O)O)n1Cc1csc(=O)[nH]1. The lowest BCUT2D eigenvalue weighted by atomic mass is 9.92. The van der Waals surface area contributed by atoms with Crippen LogP contribution < -0.4 is 4.87 Å². The fourth-order valence-corrected chi connectivity index (χ4v) is 3.18. The van der Waals surface area contributed by atoms with Crippen LogP contribution in [0.1, 0.15) is 32.2 Å². The summed E-state index contributed by atoms with van der Waals surface area (Å²) >= 11 is 2.30. The lowest BCUT2D eigenvalue weighted by Crippen LogP contribution is -2.19. The summed E-state index contributed by atoms with van der Waals surface area (Å²) in [4.78, 5) is 29.0. The summed E-state index contributed by atoms with van der Waals surface area (Å²) < 4.78 is 1.96. The molecular formula is C13H17N3O3S2. The first-order valence-corrected chi connectivity index (χ1v) is 8.21. The second kappa shape index (κ2) is 6.07. The van der Waals surface area contributed by atoms with Gasteiger partial charge in [0.1, 0.15) is 0 Å². The summed E-state index contributed by atoms with van der Waals surface area (Å²) in [5, 5.41) is 11.2. The molecule has 0 bridgehead atoms. The number of nitrogens with zero attached hydrogens (tertiary/aromatic N) is 2. The summed E-state index contributed by atoms with van der Waals surface area (Å²) in [7, 11) is 0. The predicted octanol–water partition coefficient (Wildman–Crippen LogP) is 2.16. The van der Waals surface area contributed by atoms with E-state index >= 15 is 0 Å². The molecule has 2 rings (SSSR count). The highest BCUT2D eigenvalue weighted by atomic mass is 32.2. The van der Waals surface area contributed by atoms with Crippen molar-refractivity contribution in [3.8, 4) is 0 Å². The normalized spacial score (nSPS) is 11.8. The highest BCUT2D eigenvalue weighted by Gasteiger charge is 2.22. The van der Waals surface area contributed by atoms with Crippen molar-refractivity contribution in [1.82, 2.24) is 14.5 Å². The van der Waals surface area contributed by atoms with Crippen LogP contribution in [0.4, 0.5) is 0 Å². The Balaban J connectivity index is 2.35. The van der Waals surface area contributed by atoms with Gasteiger partial charge < -0.3 is 14.7 Å². The number of thioether (sulfide) groups is 1. The van der Waals surface area contributed by atoms with Gasteiger partial charge in [-0.3, -0.25) is 9.59 Å². The van der Waals surface area contributed by atoms with Crippen molar-refractivity contribution in [3.05, 3.63) is 32.6 Å². The predicted molar refractivity (Wildman–Crippen MR) is 83.3 cm³/mol. The van der Waals surface area contributed by atoms with E-state index in [1.165, 1.54) is 11.8 Å². The molecule has 0 spiro atoms. The van der Waals surface area contributed by atoms with Gasteiger partial charge in [0.25, 0.3) is 0 Å². The van der Waals surface area contributed by atoms with Gasteiger partial charge in [0.05, 0.1) is 12.3 Å². The van der Waals surface area contributed by atoms with Crippen LogP contribution in [-0.2, 0) is 16.8 Å². The van der Waals surface area contributed by atoms with Crippen molar-refractivity contribution >= 4 is 29.1 Å². The molecule has 0 saturated carbocycles. The monoisotopic (exact) mass is 327 g/mol. The fraction of sp³-hybridized carbons (Fsp3) is 0.462. The maximum Gasteiger partial charge on any atom is 0.313 e. The lowest BCUT2D eigenvalue weighted by molar-refractivity contribution is -0.133. The van der Waals surface area contributed by atoms with E-state index in [1.54, 1.807) is 11.6 Å². The van der Waals surface area contributed by atoms with Gasteiger partial charge in [0, 0.05) is 28.4 Å². The Hall–Kier alpha value is -1.54. The number of hydrogen-bond donors (Lipinski definition) is 2. The molecule has 0 amide bonds. The Morgan fingerprint density at radius 3 is 2.76 bits per heavy atom. The van der Waals surface area contributed by atoms with Crippen LogP contribution in [-0.4, -0.2) is 31.4 Å². The third-order valence-corrected chi connectivity index (χ3v) is 4.51. The molecule has 2 aromatic rings. The molecule has 0 radical (unpaired) electrons. The zero-order valence-corrected chi connectivity index (χ0v) is 13.7. The average molecular weight is 327 g/mol. The Bertz CT molecular complexity index is 694. The van der Waals surface area contributed by atoms with E-state index in [4.69, 9.17) is 5.11 Å². The number of rotatable bonds is 5. The molecule has 2 aromatic heterocycles. The van der Waals surface area contributed by atoms with Gasteiger partial charge in [-0.25, -0.2) is 4.98 Å². The van der Waals surface area contributed by atoms with Crippen LogP contribution in [0.2, 0.25) is 0 Å². The quantitative estimate of drug-likeness (QED) is 0.822. The summed E-state index contributed by atoms with van der Waals surface area (Å²) in [6, 6.07) is 0. The van der Waals surface area contributed by atoms with Crippen molar-refractivity contribution in [2.24, 2.45) is 0 Å². The number of carbonyl (C=O) groups is 1. The van der Waals surface area contributed by atoms with E-state index in [-0.39, 0.29) is 16.0 Å². The Kier molecular flexibility index (Phi) is 4.58. The first-order valence-electron chi connectivity index (χ1n) is 6.34. The number of carboxylic acids is 1. The standard InChI is InChI=1S/C13H17N3O3S2/c1-13(2,3)9-4-14-11(20-7-10(17)18)16(9)5-8-6-21-12(19)15-8/h4,6H,5,7H2,1-3H3,(H,15,19)(H,17,18). The summed E-state index contributed by atoms with van der Waals surface area (Å²) in [5.41, 5.74) is 1.68. The average Bonchev–Trinajstić information content (AvgIpc) is 2.93. The summed E-state index contributed by atoms with van der Waals surface area (Å²) in [5.74, 6) is -0.920. The van der Waals surface area contributed by atoms with Crippen LogP contribution in [0.5, 0.6) is 0 Å². The van der Waals surface area contributed by atoms with Crippen LogP contribution in [0.15, 0.2) is 21.5 Å². The number of hydrogen-bond acceptors (Lipinski definition) is 5. The highest BCUT2D eigenvalue weighted by molar-refractivity contribution is 7.99. The van der Waals surface area contributed by atoms with Crippen LogP contribution in [0.3, 0.4) is 0 Å². The van der Waals surface area contributed by atoms with E-state index < -0.39 is 5.97 Å². The molecule has 0 aromatic carbocycles. The minimum atomic E-state index is -0.879. The van der Waals surface area contributed by atoms with Crippen molar-refractivity contribution in [1.29, 1.82) is 0 Å². The molecular weight excluding hydrogens is 310 g/mol. The second-order valence-corrected chi connectivity index (χ2v) is 7.40. The first kappa shape index (κ1) is 15.8. The molecule has 2 heterocycles. The largest absolute Gasteiger partial charge is 0.481 e. The van der Waals surface area contributed by atoms with E-state index in [0.29, 0.717) is 11.7 Å². The molecule has 0 aliphatic heterocycles. The van der Waals surface area contributed by atoms with Crippen molar-refractivity contribution < 1.29 is 9.90 Å². The lowest BCUT2D eigenvalue weighted by Gasteiger charge is -2.21. The molecule has 21 heavy (non-hydrogen) atoms. The van der Waals surface area contributed by atoms with E-state index in [0.717, 1.165) is 22.7 Å². The van der Waals surface area contributed by atoms with Gasteiger partial charge in [-0.15, -0.1) is 0 Å². The van der Waals surface area contributed by atoms with Gasteiger partial charge in [0.2, 0.25) is 0 Å². The zero-order valence-electron chi connectivity index (χ0n) is 12.0. The van der Waals surface area contributed by atoms with Crippen LogP contribution in [0, 0.1) is 0 Å². The maximum atomic E-state index is 11.3. The number of H-pyrrole nitrogens is 1. The highest BCUT2D eigenvalue weighted by Crippen LogP contribution is 2.28. The zero-order chi connectivity index (χ0) is 15.6.